The molecule has 6 heteroatoms. The van der Waals surface area contributed by atoms with Crippen LogP contribution in [0.5, 0.6) is 11.5 Å². The summed E-state index contributed by atoms with van der Waals surface area (Å²) in [5, 5.41) is 0. The number of anilines is 2. The number of hydrogen-bond donors (Lipinski definition) is 0. The molecule has 2 aromatic carbocycles. The predicted molar refractivity (Wildman–Crippen MR) is 119 cm³/mol. The molecule has 1 aliphatic heterocycles. The molecule has 30 heavy (non-hydrogen) atoms. The van der Waals surface area contributed by atoms with E-state index in [1.54, 1.807) is 16.9 Å². The molecule has 6 nitrogen and oxygen atoms in total. The summed E-state index contributed by atoms with van der Waals surface area (Å²) >= 11 is 0. The van der Waals surface area contributed by atoms with Gasteiger partial charge in [-0.25, -0.2) is 0 Å². The van der Waals surface area contributed by atoms with Gasteiger partial charge in [0.2, 0.25) is 12.3 Å². The summed E-state index contributed by atoms with van der Waals surface area (Å²) in [6, 6.07) is 13.3. The SMILES string of the molecule is C/C=C/c1ccc(OCCCN2C(=O)C(C)CN(C=O)c3ccccc32)c(OC)c1. The van der Waals surface area contributed by atoms with Crippen molar-refractivity contribution in [3.63, 3.8) is 0 Å². The van der Waals surface area contributed by atoms with Gasteiger partial charge in [0.1, 0.15) is 0 Å². The third kappa shape index (κ3) is 4.64. The lowest BCUT2D eigenvalue weighted by Gasteiger charge is -2.24. The first-order chi connectivity index (χ1) is 14.6. The molecule has 3 rings (SSSR count). The molecule has 2 amide bonds. The number of ether oxygens (including phenoxy) is 2. The van der Waals surface area contributed by atoms with Crippen LogP contribution in [-0.2, 0) is 9.59 Å². The van der Waals surface area contributed by atoms with Crippen molar-refractivity contribution in [1.82, 2.24) is 0 Å². The highest BCUT2D eigenvalue weighted by Gasteiger charge is 2.30. The minimum Gasteiger partial charge on any atom is -0.493 e. The van der Waals surface area contributed by atoms with Crippen molar-refractivity contribution in [3.05, 3.63) is 54.1 Å². The number of rotatable bonds is 8. The van der Waals surface area contributed by atoms with Crippen LogP contribution in [0.1, 0.15) is 25.8 Å². The van der Waals surface area contributed by atoms with Gasteiger partial charge in [-0.3, -0.25) is 9.59 Å². The van der Waals surface area contributed by atoms with Crippen molar-refractivity contribution in [3.8, 4) is 11.5 Å². The molecule has 0 aromatic heterocycles. The van der Waals surface area contributed by atoms with E-state index in [1.807, 2.05) is 68.5 Å². The third-order valence-corrected chi connectivity index (χ3v) is 5.10. The number of fused-ring (bicyclic) bond motifs is 1. The number of para-hydroxylation sites is 2. The average Bonchev–Trinajstić information content (AvgIpc) is 2.87. The lowest BCUT2D eigenvalue weighted by molar-refractivity contribution is -0.121. The topological polar surface area (TPSA) is 59.1 Å². The smallest absolute Gasteiger partial charge is 0.231 e. The summed E-state index contributed by atoms with van der Waals surface area (Å²) < 4.78 is 11.4. The Balaban J connectivity index is 1.69. The summed E-state index contributed by atoms with van der Waals surface area (Å²) in [7, 11) is 1.62. The van der Waals surface area contributed by atoms with Gasteiger partial charge in [0.25, 0.3) is 0 Å². The standard InChI is InChI=1S/C24H28N2O4/c1-4-8-19-11-12-22(23(15-19)29-3)30-14-7-13-26-21-10-6-5-9-20(21)25(17-27)16-18(2)24(26)28/h4-6,8-12,15,17-18H,7,13-14,16H2,1-3H3/b8-4+. The van der Waals surface area contributed by atoms with E-state index in [9.17, 15) is 9.59 Å². The molecule has 1 atom stereocenters. The van der Waals surface area contributed by atoms with Crippen LogP contribution in [0, 0.1) is 5.92 Å². The first kappa shape index (κ1) is 21.4. The Labute approximate surface area is 177 Å². The molecule has 0 saturated carbocycles. The Kier molecular flexibility index (Phi) is 7.12. The number of amides is 2. The van der Waals surface area contributed by atoms with E-state index in [2.05, 4.69) is 0 Å². The van der Waals surface area contributed by atoms with Crippen molar-refractivity contribution in [2.75, 3.05) is 36.6 Å². The molecular weight excluding hydrogens is 380 g/mol. The van der Waals surface area contributed by atoms with Gasteiger partial charge in [0.05, 0.1) is 31.0 Å². The quantitative estimate of drug-likeness (QED) is 0.487. The highest BCUT2D eigenvalue weighted by atomic mass is 16.5. The first-order valence-corrected chi connectivity index (χ1v) is 10.1. The second-order valence-electron chi connectivity index (χ2n) is 7.25. The van der Waals surface area contributed by atoms with Gasteiger partial charge in [-0.05, 0) is 43.2 Å². The maximum Gasteiger partial charge on any atom is 0.231 e. The monoisotopic (exact) mass is 408 g/mol. The number of allylic oxidation sites excluding steroid dienone is 1. The maximum atomic E-state index is 12.9. The van der Waals surface area contributed by atoms with Crippen LogP contribution in [0.15, 0.2) is 48.5 Å². The number of benzene rings is 2. The first-order valence-electron chi connectivity index (χ1n) is 10.1. The molecule has 0 bridgehead atoms. The molecule has 1 unspecified atom stereocenters. The van der Waals surface area contributed by atoms with Crippen molar-refractivity contribution in [2.24, 2.45) is 5.92 Å². The number of carbonyl (C=O) groups excluding carboxylic acids is 2. The molecule has 0 spiro atoms. The summed E-state index contributed by atoms with van der Waals surface area (Å²) in [5.41, 5.74) is 2.56. The molecule has 0 N–H and O–H groups in total. The molecule has 0 radical (unpaired) electrons. The van der Waals surface area contributed by atoms with Crippen LogP contribution < -0.4 is 19.3 Å². The second kappa shape index (κ2) is 9.96. The van der Waals surface area contributed by atoms with Crippen molar-refractivity contribution < 1.29 is 19.1 Å². The van der Waals surface area contributed by atoms with Gasteiger partial charge in [-0.15, -0.1) is 0 Å². The molecule has 0 saturated heterocycles. The average molecular weight is 408 g/mol. The fourth-order valence-corrected chi connectivity index (χ4v) is 3.63. The number of nitrogens with zero attached hydrogens (tertiary/aromatic N) is 2. The zero-order chi connectivity index (χ0) is 21.5. The molecule has 1 aliphatic rings. The molecule has 2 aromatic rings. The number of carbonyl (C=O) groups is 2. The molecule has 158 valence electrons. The molecular formula is C24H28N2O4. The van der Waals surface area contributed by atoms with Crippen LogP contribution in [0.4, 0.5) is 11.4 Å². The maximum absolute atomic E-state index is 12.9. The van der Waals surface area contributed by atoms with E-state index in [1.165, 1.54) is 0 Å². The van der Waals surface area contributed by atoms with Gasteiger partial charge in [-0.1, -0.05) is 37.3 Å². The van der Waals surface area contributed by atoms with Crippen LogP contribution >= 0.6 is 0 Å². The Morgan fingerprint density at radius 1 is 1.13 bits per heavy atom. The zero-order valence-corrected chi connectivity index (χ0v) is 17.7. The second-order valence-corrected chi connectivity index (χ2v) is 7.25. The lowest BCUT2D eigenvalue weighted by Crippen LogP contribution is -2.37. The van der Waals surface area contributed by atoms with Gasteiger partial charge < -0.3 is 19.3 Å². The number of hydrogen-bond acceptors (Lipinski definition) is 4. The van der Waals surface area contributed by atoms with Gasteiger partial charge in [-0.2, -0.15) is 0 Å². The van der Waals surface area contributed by atoms with Crippen LogP contribution in [0.2, 0.25) is 0 Å². The van der Waals surface area contributed by atoms with Gasteiger partial charge >= 0.3 is 0 Å². The summed E-state index contributed by atoms with van der Waals surface area (Å²) in [6.07, 6.45) is 5.41. The van der Waals surface area contributed by atoms with Gasteiger partial charge in [0.15, 0.2) is 11.5 Å². The largest absolute Gasteiger partial charge is 0.493 e. The van der Waals surface area contributed by atoms with Crippen molar-refractivity contribution in [2.45, 2.75) is 20.3 Å². The fourth-order valence-electron chi connectivity index (χ4n) is 3.63. The van der Waals surface area contributed by atoms with E-state index >= 15 is 0 Å². The third-order valence-electron chi connectivity index (χ3n) is 5.10. The zero-order valence-electron chi connectivity index (χ0n) is 17.7. The minimum atomic E-state index is -0.275. The van der Waals surface area contributed by atoms with E-state index < -0.39 is 0 Å². The highest BCUT2D eigenvalue weighted by Crippen LogP contribution is 2.33. The van der Waals surface area contributed by atoms with E-state index in [0.717, 1.165) is 23.3 Å². The highest BCUT2D eigenvalue weighted by molar-refractivity contribution is 6.02. The Bertz CT molecular complexity index is 925. The lowest BCUT2D eigenvalue weighted by atomic mass is 10.1. The molecule has 0 fully saturated rings. The Morgan fingerprint density at radius 3 is 2.60 bits per heavy atom. The van der Waals surface area contributed by atoms with Crippen molar-refractivity contribution >= 4 is 29.8 Å². The molecule has 0 aliphatic carbocycles. The van der Waals surface area contributed by atoms with Crippen molar-refractivity contribution in [1.29, 1.82) is 0 Å². The van der Waals surface area contributed by atoms with Gasteiger partial charge in [0, 0.05) is 13.1 Å². The summed E-state index contributed by atoms with van der Waals surface area (Å²) in [4.78, 5) is 27.9. The van der Waals surface area contributed by atoms with E-state index in [0.29, 0.717) is 37.6 Å². The van der Waals surface area contributed by atoms with E-state index in [-0.39, 0.29) is 11.8 Å². The minimum absolute atomic E-state index is 0.0140. The molecule has 1 heterocycles. The van der Waals surface area contributed by atoms with Crippen LogP contribution in [-0.4, -0.2) is 39.1 Å². The summed E-state index contributed by atoms with van der Waals surface area (Å²) in [6.45, 7) is 5.14. The predicted octanol–water partition coefficient (Wildman–Crippen LogP) is 4.14. The number of methoxy groups -OCH3 is 1. The summed E-state index contributed by atoms with van der Waals surface area (Å²) in [5.74, 6) is 1.09. The van der Waals surface area contributed by atoms with Crippen LogP contribution in [0.25, 0.3) is 6.08 Å². The van der Waals surface area contributed by atoms with Crippen LogP contribution in [0.3, 0.4) is 0 Å². The normalized spacial score (nSPS) is 16.4. The Morgan fingerprint density at radius 2 is 1.90 bits per heavy atom. The fraction of sp³-hybridized carbons (Fsp3) is 0.333. The Hall–Kier alpha value is -3.28. The van der Waals surface area contributed by atoms with E-state index in [4.69, 9.17) is 9.47 Å².